The van der Waals surface area contributed by atoms with E-state index < -0.39 is 69.8 Å². The molecule has 0 bridgehead atoms. The van der Waals surface area contributed by atoms with Crippen LogP contribution in [0.1, 0.15) is 17.5 Å². The molecule has 0 unspecified atom stereocenters. The van der Waals surface area contributed by atoms with Crippen molar-refractivity contribution in [3.63, 3.8) is 0 Å². The van der Waals surface area contributed by atoms with E-state index in [1.54, 1.807) is 0 Å². The van der Waals surface area contributed by atoms with Crippen LogP contribution in [-0.4, -0.2) is 33.4 Å². The first-order chi connectivity index (χ1) is 15.2. The molecule has 0 fully saturated rings. The first kappa shape index (κ1) is 26.1. The Morgan fingerprint density at radius 2 is 1.48 bits per heavy atom. The molecule has 0 spiro atoms. The molecule has 0 aromatic heterocycles. The van der Waals surface area contributed by atoms with Crippen molar-refractivity contribution in [1.29, 1.82) is 0 Å². The number of hydrogen-bond donors (Lipinski definition) is 2. The predicted molar refractivity (Wildman–Crippen MR) is 102 cm³/mol. The summed E-state index contributed by atoms with van der Waals surface area (Å²) in [4.78, 5) is 22.7. The zero-order valence-electron chi connectivity index (χ0n) is 16.5. The Morgan fingerprint density at radius 3 is 2.06 bits per heavy atom. The molecular formula is C19H16F6N2O5S. The van der Waals surface area contributed by atoms with Crippen molar-refractivity contribution in [3.8, 4) is 0 Å². The maximum absolute atomic E-state index is 12.7. The molecule has 0 aliphatic rings. The molecule has 2 aromatic carbocycles. The average molecular weight is 498 g/mol. The van der Waals surface area contributed by atoms with Gasteiger partial charge >= 0.3 is 18.3 Å². The van der Waals surface area contributed by atoms with Crippen LogP contribution in [0.4, 0.5) is 32.0 Å². The van der Waals surface area contributed by atoms with Gasteiger partial charge in [0.2, 0.25) is 10.0 Å². The van der Waals surface area contributed by atoms with E-state index in [1.807, 2.05) is 4.72 Å². The highest BCUT2D eigenvalue weighted by Gasteiger charge is 2.32. The quantitative estimate of drug-likeness (QED) is 0.428. The Balaban J connectivity index is 1.79. The molecule has 14 heteroatoms. The lowest BCUT2D eigenvalue weighted by Gasteiger charge is -2.11. The summed E-state index contributed by atoms with van der Waals surface area (Å²) in [6, 6.07) is 6.51. The Bertz CT molecular complexity index is 1100. The fraction of sp³-hybridized carbons (Fsp3) is 0.263. The lowest BCUT2D eigenvalue weighted by Crippen LogP contribution is -2.28. The molecule has 0 atom stereocenters. The number of esters is 1. The van der Waals surface area contributed by atoms with Crippen LogP contribution < -0.4 is 10.0 Å². The molecule has 2 N–H and O–H groups in total. The van der Waals surface area contributed by atoms with E-state index in [0.29, 0.717) is 12.1 Å². The number of amides is 1. The predicted octanol–water partition coefficient (Wildman–Crippen LogP) is 3.57. The van der Waals surface area contributed by atoms with Gasteiger partial charge < -0.3 is 10.1 Å². The van der Waals surface area contributed by atoms with Gasteiger partial charge in [-0.25, -0.2) is 13.1 Å². The van der Waals surface area contributed by atoms with Gasteiger partial charge in [0, 0.05) is 12.2 Å². The Hall–Kier alpha value is -3.13. The van der Waals surface area contributed by atoms with Crippen molar-refractivity contribution in [2.24, 2.45) is 0 Å². The highest BCUT2D eigenvalue weighted by atomic mass is 32.2. The second-order valence-electron chi connectivity index (χ2n) is 6.46. The van der Waals surface area contributed by atoms with Gasteiger partial charge in [0.1, 0.15) is 0 Å². The molecule has 0 aliphatic heterocycles. The normalized spacial score (nSPS) is 12.3. The fourth-order valence-corrected chi connectivity index (χ4v) is 3.45. The summed E-state index contributed by atoms with van der Waals surface area (Å²) in [7, 11) is -4.34. The zero-order chi connectivity index (χ0) is 24.9. The zero-order valence-corrected chi connectivity index (χ0v) is 17.3. The summed E-state index contributed by atoms with van der Waals surface area (Å²) < 4.78 is 106. The van der Waals surface area contributed by atoms with Gasteiger partial charge in [-0.3, -0.25) is 9.59 Å². The molecule has 0 aliphatic carbocycles. The number of rotatable bonds is 8. The Morgan fingerprint density at radius 1 is 0.879 bits per heavy atom. The molecule has 33 heavy (non-hydrogen) atoms. The van der Waals surface area contributed by atoms with Gasteiger partial charge in [0.15, 0.2) is 6.61 Å². The van der Waals surface area contributed by atoms with Gasteiger partial charge in [-0.1, -0.05) is 6.07 Å². The highest BCUT2D eigenvalue weighted by Crippen LogP contribution is 2.31. The van der Waals surface area contributed by atoms with E-state index in [0.717, 1.165) is 36.4 Å². The summed E-state index contributed by atoms with van der Waals surface area (Å²) >= 11 is 0. The SMILES string of the molecule is O=C(COC(=O)CCNS(=O)(=O)c1cccc(C(F)(F)F)c1)Nc1ccc(C(F)(F)F)cc1. The molecule has 7 nitrogen and oxygen atoms in total. The van der Waals surface area contributed by atoms with E-state index in [-0.39, 0.29) is 5.69 Å². The van der Waals surface area contributed by atoms with Crippen molar-refractivity contribution in [2.75, 3.05) is 18.5 Å². The van der Waals surface area contributed by atoms with Crippen LogP contribution in [0.25, 0.3) is 0 Å². The van der Waals surface area contributed by atoms with Crippen molar-refractivity contribution in [2.45, 2.75) is 23.7 Å². The second-order valence-corrected chi connectivity index (χ2v) is 8.22. The minimum Gasteiger partial charge on any atom is -0.456 e. The monoisotopic (exact) mass is 498 g/mol. The van der Waals surface area contributed by atoms with Gasteiger partial charge in [0.25, 0.3) is 5.91 Å². The van der Waals surface area contributed by atoms with Crippen LogP contribution in [0.15, 0.2) is 53.4 Å². The highest BCUT2D eigenvalue weighted by molar-refractivity contribution is 7.89. The summed E-state index contributed by atoms with van der Waals surface area (Å²) in [5.41, 5.74) is -2.05. The molecule has 2 rings (SSSR count). The van der Waals surface area contributed by atoms with Gasteiger partial charge in [0.05, 0.1) is 22.4 Å². The summed E-state index contributed by atoms with van der Waals surface area (Å²) in [6.45, 7) is -1.31. The van der Waals surface area contributed by atoms with Crippen LogP contribution in [-0.2, 0) is 36.7 Å². The van der Waals surface area contributed by atoms with E-state index in [2.05, 4.69) is 10.1 Å². The number of carbonyl (C=O) groups excluding carboxylic acids is 2. The number of alkyl halides is 6. The fourth-order valence-electron chi connectivity index (χ4n) is 2.37. The third-order valence-electron chi connectivity index (χ3n) is 3.95. The molecule has 1 amide bonds. The van der Waals surface area contributed by atoms with Crippen molar-refractivity contribution in [1.82, 2.24) is 4.72 Å². The molecule has 0 saturated carbocycles. The lowest BCUT2D eigenvalue weighted by atomic mass is 10.2. The van der Waals surface area contributed by atoms with Crippen LogP contribution in [0.2, 0.25) is 0 Å². The maximum atomic E-state index is 12.7. The number of hydrogen-bond acceptors (Lipinski definition) is 5. The minimum absolute atomic E-state index is 0.0258. The summed E-state index contributed by atoms with van der Waals surface area (Å²) in [6.07, 6.45) is -9.82. The molecule has 180 valence electrons. The topological polar surface area (TPSA) is 102 Å². The van der Waals surface area contributed by atoms with Crippen LogP contribution >= 0.6 is 0 Å². The summed E-state index contributed by atoms with van der Waals surface area (Å²) in [5, 5.41) is 2.21. The van der Waals surface area contributed by atoms with Gasteiger partial charge in [-0.15, -0.1) is 0 Å². The van der Waals surface area contributed by atoms with E-state index in [4.69, 9.17) is 0 Å². The third kappa shape index (κ3) is 8.05. The second kappa shape index (κ2) is 10.2. The van der Waals surface area contributed by atoms with Crippen LogP contribution in [0.5, 0.6) is 0 Å². The number of halogens is 6. The van der Waals surface area contributed by atoms with Gasteiger partial charge in [-0.2, -0.15) is 26.3 Å². The van der Waals surface area contributed by atoms with Crippen molar-refractivity contribution < 1.29 is 49.1 Å². The molecule has 2 aromatic rings. The van der Waals surface area contributed by atoms with Crippen molar-refractivity contribution >= 4 is 27.6 Å². The summed E-state index contributed by atoms with van der Waals surface area (Å²) in [5.74, 6) is -1.85. The standard InChI is InChI=1S/C19H16F6N2O5S/c20-18(21,22)12-4-6-14(7-5-12)27-16(28)11-32-17(29)8-9-26-33(30,31)15-3-1-2-13(10-15)19(23,24)25/h1-7,10,26H,8-9,11H2,(H,27,28). The largest absolute Gasteiger partial charge is 0.456 e. The number of nitrogens with one attached hydrogen (secondary N) is 2. The maximum Gasteiger partial charge on any atom is 0.416 e. The Kier molecular flexibility index (Phi) is 8.08. The van der Waals surface area contributed by atoms with Crippen LogP contribution in [0, 0.1) is 0 Å². The van der Waals surface area contributed by atoms with Crippen molar-refractivity contribution in [3.05, 3.63) is 59.7 Å². The number of sulfonamides is 1. The molecular weight excluding hydrogens is 482 g/mol. The van der Waals surface area contributed by atoms with E-state index in [9.17, 15) is 44.3 Å². The third-order valence-corrected chi connectivity index (χ3v) is 5.41. The lowest BCUT2D eigenvalue weighted by molar-refractivity contribution is -0.147. The molecule has 0 heterocycles. The smallest absolute Gasteiger partial charge is 0.416 e. The first-order valence-electron chi connectivity index (χ1n) is 8.98. The number of anilines is 1. The average Bonchev–Trinajstić information content (AvgIpc) is 2.71. The molecule has 0 radical (unpaired) electrons. The number of carbonyl (C=O) groups is 2. The number of benzene rings is 2. The Labute approximate surface area is 183 Å². The van der Waals surface area contributed by atoms with E-state index >= 15 is 0 Å². The van der Waals surface area contributed by atoms with Gasteiger partial charge in [-0.05, 0) is 42.5 Å². The minimum atomic E-state index is -4.74. The van der Waals surface area contributed by atoms with E-state index in [1.165, 1.54) is 0 Å². The van der Waals surface area contributed by atoms with Crippen LogP contribution in [0.3, 0.4) is 0 Å². The first-order valence-corrected chi connectivity index (χ1v) is 10.5. The number of ether oxygens (including phenoxy) is 1. The molecule has 0 saturated heterocycles.